The molecule has 0 amide bonds. The van der Waals surface area contributed by atoms with Crippen molar-refractivity contribution in [1.29, 1.82) is 0 Å². The molecule has 4 heteroatoms. The number of hydrogen-bond acceptors (Lipinski definition) is 3. The molecule has 0 bridgehead atoms. The van der Waals surface area contributed by atoms with E-state index in [2.05, 4.69) is 0 Å². The Hall–Kier alpha value is 0.286. The molecular formula is C9H9KO3. The van der Waals surface area contributed by atoms with Crippen molar-refractivity contribution in [1.82, 2.24) is 0 Å². The van der Waals surface area contributed by atoms with Crippen LogP contribution in [0.4, 0.5) is 0 Å². The molecule has 1 atom stereocenters. The third kappa shape index (κ3) is 3.89. The van der Waals surface area contributed by atoms with E-state index in [1.54, 1.807) is 24.3 Å². The topological polar surface area (TPSA) is 49.4 Å². The molecule has 0 aliphatic heterocycles. The Labute approximate surface area is 120 Å². The number of benzene rings is 1. The number of carbonyl (C=O) groups is 1. The van der Waals surface area contributed by atoms with Crippen molar-refractivity contribution in [2.75, 3.05) is 7.11 Å². The molecule has 0 radical (unpaired) electrons. The molecule has 1 aromatic carbocycles. The van der Waals surface area contributed by atoms with Gasteiger partial charge in [0.15, 0.2) is 0 Å². The minimum absolute atomic E-state index is 0. The number of carboxylic acid groups (broad SMARTS) is 1. The molecule has 3 nitrogen and oxygen atoms in total. The minimum Gasteiger partial charge on any atom is -0.547 e. The fraction of sp³-hybridized carbons (Fsp3) is 0.222. The van der Waals surface area contributed by atoms with Gasteiger partial charge in [0.05, 0.1) is 5.97 Å². The van der Waals surface area contributed by atoms with E-state index in [0.717, 1.165) is 0 Å². The van der Waals surface area contributed by atoms with Gasteiger partial charge in [-0.2, -0.15) is 0 Å². The van der Waals surface area contributed by atoms with Gasteiger partial charge in [0.25, 0.3) is 0 Å². The Morgan fingerprint density at radius 3 is 2.31 bits per heavy atom. The zero-order chi connectivity index (χ0) is 8.97. The van der Waals surface area contributed by atoms with Crippen LogP contribution in [0.15, 0.2) is 30.3 Å². The predicted molar refractivity (Wildman–Crippen MR) is 41.2 cm³/mol. The van der Waals surface area contributed by atoms with Gasteiger partial charge in [-0.1, -0.05) is 30.3 Å². The minimum atomic E-state index is -1.22. The van der Waals surface area contributed by atoms with Crippen molar-refractivity contribution in [2.45, 2.75) is 6.10 Å². The number of ether oxygens (including phenoxy) is 1. The maximum absolute atomic E-state index is 10.5. The van der Waals surface area contributed by atoms with Crippen LogP contribution in [0.1, 0.15) is 11.7 Å². The molecule has 0 aliphatic rings. The van der Waals surface area contributed by atoms with Crippen LogP contribution in [0.5, 0.6) is 0 Å². The van der Waals surface area contributed by atoms with Crippen molar-refractivity contribution in [3.05, 3.63) is 35.9 Å². The molecule has 0 N–H and O–H groups in total. The Morgan fingerprint density at radius 2 is 1.92 bits per heavy atom. The summed E-state index contributed by atoms with van der Waals surface area (Å²) in [6, 6.07) is 8.69. The molecule has 64 valence electrons. The van der Waals surface area contributed by atoms with Crippen LogP contribution in [-0.2, 0) is 9.53 Å². The van der Waals surface area contributed by atoms with Gasteiger partial charge in [-0.05, 0) is 5.56 Å². The largest absolute Gasteiger partial charge is 1.00 e. The number of hydrogen-bond donors (Lipinski definition) is 0. The monoisotopic (exact) mass is 204 g/mol. The van der Waals surface area contributed by atoms with Crippen LogP contribution in [0.2, 0.25) is 0 Å². The van der Waals surface area contributed by atoms with Gasteiger partial charge in [-0.25, -0.2) is 0 Å². The molecule has 1 rings (SSSR count). The normalized spacial score (nSPS) is 11.5. The Balaban J connectivity index is 0.00000144. The van der Waals surface area contributed by atoms with Crippen molar-refractivity contribution in [3.8, 4) is 0 Å². The number of carboxylic acids is 1. The van der Waals surface area contributed by atoms with E-state index in [4.69, 9.17) is 4.74 Å². The van der Waals surface area contributed by atoms with Crippen LogP contribution < -0.4 is 56.5 Å². The van der Waals surface area contributed by atoms with Gasteiger partial charge < -0.3 is 14.6 Å². The second-order valence-electron chi connectivity index (χ2n) is 2.35. The Bertz CT molecular complexity index is 261. The van der Waals surface area contributed by atoms with Gasteiger partial charge in [0.2, 0.25) is 0 Å². The second-order valence-corrected chi connectivity index (χ2v) is 2.35. The molecule has 0 fully saturated rings. The molecule has 1 aromatic rings. The zero-order valence-corrected chi connectivity index (χ0v) is 10.8. The van der Waals surface area contributed by atoms with E-state index in [1.165, 1.54) is 7.11 Å². The maximum atomic E-state index is 10.5. The van der Waals surface area contributed by atoms with Gasteiger partial charge >= 0.3 is 51.4 Å². The summed E-state index contributed by atoms with van der Waals surface area (Å²) >= 11 is 0. The Morgan fingerprint density at radius 1 is 1.38 bits per heavy atom. The third-order valence-electron chi connectivity index (χ3n) is 1.55. The van der Waals surface area contributed by atoms with Crippen LogP contribution in [0.3, 0.4) is 0 Å². The molecular weight excluding hydrogens is 195 g/mol. The predicted octanol–water partition coefficient (Wildman–Crippen LogP) is -2.87. The van der Waals surface area contributed by atoms with Crippen LogP contribution in [-0.4, -0.2) is 13.1 Å². The summed E-state index contributed by atoms with van der Waals surface area (Å²) in [5.41, 5.74) is 0.597. The summed E-state index contributed by atoms with van der Waals surface area (Å²) in [4.78, 5) is 10.5. The summed E-state index contributed by atoms with van der Waals surface area (Å²) < 4.78 is 4.74. The van der Waals surface area contributed by atoms with Crippen molar-refractivity contribution >= 4 is 5.97 Å². The molecule has 13 heavy (non-hydrogen) atoms. The molecule has 0 spiro atoms. The first-order chi connectivity index (χ1) is 5.75. The zero-order valence-electron chi connectivity index (χ0n) is 7.69. The first-order valence-electron chi connectivity index (χ1n) is 3.54. The quantitative estimate of drug-likeness (QED) is 0.497. The first kappa shape index (κ1) is 13.3. The average Bonchev–Trinajstić information content (AvgIpc) is 2.07. The van der Waals surface area contributed by atoms with Gasteiger partial charge in [-0.3, -0.25) is 0 Å². The molecule has 0 unspecified atom stereocenters. The van der Waals surface area contributed by atoms with E-state index in [0.29, 0.717) is 5.56 Å². The molecule has 0 saturated carbocycles. The van der Waals surface area contributed by atoms with Crippen molar-refractivity contribution < 1.29 is 66.0 Å². The Kier molecular flexibility index (Phi) is 6.85. The van der Waals surface area contributed by atoms with Crippen LogP contribution >= 0.6 is 0 Å². The SMILES string of the molecule is CO[C@H](C(=O)[O-])c1ccccc1.[K+]. The van der Waals surface area contributed by atoms with Crippen molar-refractivity contribution in [2.24, 2.45) is 0 Å². The fourth-order valence-electron chi connectivity index (χ4n) is 0.996. The number of aliphatic carboxylic acids is 1. The van der Waals surface area contributed by atoms with Crippen LogP contribution in [0.25, 0.3) is 0 Å². The average molecular weight is 204 g/mol. The third-order valence-corrected chi connectivity index (χ3v) is 1.55. The summed E-state index contributed by atoms with van der Waals surface area (Å²) in [6.45, 7) is 0. The van der Waals surface area contributed by atoms with E-state index in [1.807, 2.05) is 6.07 Å². The maximum Gasteiger partial charge on any atom is 1.00 e. The number of methoxy groups -OCH3 is 1. The summed E-state index contributed by atoms with van der Waals surface area (Å²) in [7, 11) is 1.34. The van der Waals surface area contributed by atoms with Crippen molar-refractivity contribution in [3.63, 3.8) is 0 Å². The summed E-state index contributed by atoms with van der Waals surface area (Å²) in [6.07, 6.45) is -0.966. The van der Waals surface area contributed by atoms with Gasteiger partial charge in [0, 0.05) is 7.11 Å². The first-order valence-corrected chi connectivity index (χ1v) is 3.54. The van der Waals surface area contributed by atoms with Crippen LogP contribution in [0, 0.1) is 0 Å². The summed E-state index contributed by atoms with van der Waals surface area (Å²) in [5, 5.41) is 10.5. The molecule has 0 aromatic heterocycles. The molecule has 0 aliphatic carbocycles. The van der Waals surface area contributed by atoms with E-state index >= 15 is 0 Å². The fourth-order valence-corrected chi connectivity index (χ4v) is 0.996. The van der Waals surface area contributed by atoms with E-state index < -0.39 is 12.1 Å². The second kappa shape index (κ2) is 6.70. The molecule has 0 heterocycles. The van der Waals surface area contributed by atoms with E-state index in [-0.39, 0.29) is 51.4 Å². The smallest absolute Gasteiger partial charge is 0.547 e. The number of carbonyl (C=O) groups excluding carboxylic acids is 1. The van der Waals surface area contributed by atoms with E-state index in [9.17, 15) is 9.90 Å². The standard InChI is InChI=1S/C9H10O3.K/c1-12-8(9(10)11)7-5-3-2-4-6-7;/h2-6,8H,1H3,(H,10,11);/q;+1/p-1/t8-;/m0./s1. The number of rotatable bonds is 3. The van der Waals surface area contributed by atoms with Gasteiger partial charge in [-0.15, -0.1) is 0 Å². The summed E-state index contributed by atoms with van der Waals surface area (Å²) in [5.74, 6) is -1.22. The molecule has 0 saturated heterocycles. The van der Waals surface area contributed by atoms with Gasteiger partial charge in [0.1, 0.15) is 6.10 Å².